The van der Waals surface area contributed by atoms with E-state index in [4.69, 9.17) is 4.74 Å². The van der Waals surface area contributed by atoms with Crippen LogP contribution in [-0.4, -0.2) is 59.3 Å². The number of alkyl carbamates (subject to hydrolysis) is 1. The maximum Gasteiger partial charge on any atom is 0.407 e. The zero-order valence-corrected chi connectivity index (χ0v) is 18.3. The number of anilines is 1. The van der Waals surface area contributed by atoms with Crippen LogP contribution in [0.4, 0.5) is 10.6 Å². The lowest BCUT2D eigenvalue weighted by Crippen LogP contribution is -2.47. The van der Waals surface area contributed by atoms with Gasteiger partial charge in [0.2, 0.25) is 5.91 Å². The predicted octanol–water partition coefficient (Wildman–Crippen LogP) is 2.23. The van der Waals surface area contributed by atoms with E-state index in [1.54, 1.807) is 11.0 Å². The van der Waals surface area contributed by atoms with Crippen LogP contribution in [0.3, 0.4) is 0 Å². The van der Waals surface area contributed by atoms with Gasteiger partial charge in [0, 0.05) is 44.7 Å². The van der Waals surface area contributed by atoms with Crippen LogP contribution < -0.4 is 15.8 Å². The highest BCUT2D eigenvalue weighted by Gasteiger charge is 2.40. The van der Waals surface area contributed by atoms with E-state index in [1.807, 2.05) is 38.3 Å². The minimum absolute atomic E-state index is 0.0305. The van der Waals surface area contributed by atoms with E-state index < -0.39 is 5.60 Å². The Morgan fingerprint density at radius 2 is 1.90 bits per heavy atom. The molecule has 2 unspecified atom stereocenters. The van der Waals surface area contributed by atoms with Gasteiger partial charge in [-0.3, -0.25) is 19.1 Å². The molecule has 0 aromatic carbocycles. The van der Waals surface area contributed by atoms with Crippen molar-refractivity contribution in [2.24, 2.45) is 0 Å². The molecule has 4 rings (SSSR count). The second kappa shape index (κ2) is 7.72. The summed E-state index contributed by atoms with van der Waals surface area (Å²) in [6, 6.07) is 3.59. The molecule has 2 atom stereocenters. The van der Waals surface area contributed by atoms with E-state index in [1.165, 1.54) is 0 Å². The Morgan fingerprint density at radius 1 is 1.20 bits per heavy atom. The van der Waals surface area contributed by atoms with Crippen LogP contribution in [0.15, 0.2) is 16.9 Å². The number of hydrogen-bond donors (Lipinski definition) is 1. The van der Waals surface area contributed by atoms with Gasteiger partial charge in [-0.2, -0.15) is 0 Å². The fourth-order valence-corrected chi connectivity index (χ4v) is 4.84. The van der Waals surface area contributed by atoms with Gasteiger partial charge in [-0.05, 0) is 51.2 Å². The summed E-state index contributed by atoms with van der Waals surface area (Å²) in [5.74, 6) is 1.05. The Labute approximate surface area is 177 Å². The van der Waals surface area contributed by atoms with Crippen molar-refractivity contribution in [3.63, 3.8) is 0 Å². The first kappa shape index (κ1) is 20.9. The predicted molar refractivity (Wildman–Crippen MR) is 114 cm³/mol. The molecule has 0 aliphatic carbocycles. The molecule has 3 aliphatic rings. The maximum absolute atomic E-state index is 12.6. The van der Waals surface area contributed by atoms with Crippen LogP contribution in [0, 0.1) is 0 Å². The molecule has 8 heteroatoms. The highest BCUT2D eigenvalue weighted by atomic mass is 16.6. The van der Waals surface area contributed by atoms with Gasteiger partial charge < -0.3 is 15.0 Å². The minimum Gasteiger partial charge on any atom is -0.444 e. The molecule has 4 heterocycles. The largest absolute Gasteiger partial charge is 0.444 e. The highest BCUT2D eigenvalue weighted by Crippen LogP contribution is 2.40. The summed E-state index contributed by atoms with van der Waals surface area (Å²) in [6.45, 7) is 10.6. The van der Waals surface area contributed by atoms with Gasteiger partial charge in [-0.1, -0.05) is 6.92 Å². The smallest absolute Gasteiger partial charge is 0.407 e. The first-order chi connectivity index (χ1) is 14.1. The lowest BCUT2D eigenvalue weighted by molar-refractivity contribution is -0.119. The molecule has 2 amide bonds. The Morgan fingerprint density at radius 3 is 2.57 bits per heavy atom. The molecule has 1 N–H and O–H groups in total. The lowest BCUT2D eigenvalue weighted by Gasteiger charge is -2.34. The first-order valence-electron chi connectivity index (χ1n) is 10.9. The monoisotopic (exact) mass is 416 g/mol. The average molecular weight is 417 g/mol. The highest BCUT2D eigenvalue weighted by molar-refractivity contribution is 5.97. The van der Waals surface area contributed by atoms with Crippen molar-refractivity contribution in [3.8, 4) is 0 Å². The average Bonchev–Trinajstić information content (AvgIpc) is 3.02. The van der Waals surface area contributed by atoms with E-state index in [0.29, 0.717) is 13.0 Å². The van der Waals surface area contributed by atoms with Crippen LogP contribution in [0.1, 0.15) is 64.5 Å². The van der Waals surface area contributed by atoms with Gasteiger partial charge >= 0.3 is 6.09 Å². The number of pyridine rings is 1. The van der Waals surface area contributed by atoms with E-state index in [-0.39, 0.29) is 35.6 Å². The minimum atomic E-state index is -0.503. The van der Waals surface area contributed by atoms with Gasteiger partial charge in [0.15, 0.2) is 0 Å². The van der Waals surface area contributed by atoms with Crippen molar-refractivity contribution in [2.45, 2.75) is 70.6 Å². The summed E-state index contributed by atoms with van der Waals surface area (Å²) in [4.78, 5) is 41.4. The third kappa shape index (κ3) is 4.10. The van der Waals surface area contributed by atoms with Crippen LogP contribution in [0.2, 0.25) is 0 Å². The first-order valence-corrected chi connectivity index (χ1v) is 10.9. The molecule has 0 radical (unpaired) electrons. The fraction of sp³-hybridized carbons (Fsp3) is 0.682. The summed E-state index contributed by atoms with van der Waals surface area (Å²) in [7, 11) is 0. The van der Waals surface area contributed by atoms with Crippen molar-refractivity contribution < 1.29 is 14.3 Å². The molecule has 0 spiro atoms. The normalized spacial score (nSPS) is 24.7. The van der Waals surface area contributed by atoms with E-state index >= 15 is 0 Å². The molecular formula is C22H32N4O4. The number of amides is 2. The van der Waals surface area contributed by atoms with Crippen molar-refractivity contribution >= 4 is 17.8 Å². The maximum atomic E-state index is 12.6. The van der Waals surface area contributed by atoms with E-state index in [2.05, 4.69) is 10.2 Å². The number of aromatic nitrogens is 1. The number of nitrogens with zero attached hydrogens (tertiary/aromatic N) is 3. The standard InChI is InChI=1S/C22H32N4O4/c1-14-11-19(28)25-13-16(26-18(27)6-5-17(14)20(25)26)12-24-9-7-15(8-10-24)23-21(29)30-22(2,3)4/h5-6,14-16H,7-13H2,1-4H3,(H,23,29). The van der Waals surface area contributed by atoms with Crippen LogP contribution in [0.25, 0.3) is 0 Å². The third-order valence-corrected chi connectivity index (χ3v) is 6.23. The summed E-state index contributed by atoms with van der Waals surface area (Å²) >= 11 is 0. The van der Waals surface area contributed by atoms with E-state index in [9.17, 15) is 14.4 Å². The number of ether oxygens (including phenoxy) is 1. The quantitative estimate of drug-likeness (QED) is 0.817. The number of carbonyl (C=O) groups is 2. The molecule has 8 nitrogen and oxygen atoms in total. The molecule has 164 valence electrons. The molecular weight excluding hydrogens is 384 g/mol. The van der Waals surface area contributed by atoms with Crippen LogP contribution in [-0.2, 0) is 9.53 Å². The van der Waals surface area contributed by atoms with Gasteiger partial charge in [-0.15, -0.1) is 0 Å². The Kier molecular flexibility index (Phi) is 5.38. The molecule has 0 saturated carbocycles. The van der Waals surface area contributed by atoms with E-state index in [0.717, 1.165) is 43.9 Å². The second-order valence-corrected chi connectivity index (χ2v) is 9.80. The van der Waals surface area contributed by atoms with Crippen molar-refractivity contribution in [2.75, 3.05) is 31.1 Å². The molecule has 0 bridgehead atoms. The van der Waals surface area contributed by atoms with Gasteiger partial charge in [-0.25, -0.2) is 4.79 Å². The molecule has 1 aromatic heterocycles. The topological polar surface area (TPSA) is 83.9 Å². The van der Waals surface area contributed by atoms with Gasteiger partial charge in [0.25, 0.3) is 5.56 Å². The summed E-state index contributed by atoms with van der Waals surface area (Å²) in [6.07, 6.45) is 1.81. The zero-order valence-electron chi connectivity index (χ0n) is 18.3. The number of carbonyl (C=O) groups excluding carboxylic acids is 2. The summed E-state index contributed by atoms with van der Waals surface area (Å²) in [5, 5.41) is 2.96. The van der Waals surface area contributed by atoms with Crippen LogP contribution in [0.5, 0.6) is 0 Å². The Hall–Kier alpha value is -2.35. The lowest BCUT2D eigenvalue weighted by atomic mass is 9.94. The van der Waals surface area contributed by atoms with Gasteiger partial charge in [0.1, 0.15) is 11.4 Å². The zero-order chi connectivity index (χ0) is 21.6. The molecule has 1 fully saturated rings. The van der Waals surface area contributed by atoms with Crippen molar-refractivity contribution in [1.82, 2.24) is 14.8 Å². The number of likely N-dealkylation sites (tertiary alicyclic amines) is 1. The number of nitrogens with one attached hydrogen (secondary N) is 1. The molecule has 1 aromatic rings. The Bertz CT molecular complexity index is 895. The second-order valence-electron chi connectivity index (χ2n) is 9.80. The summed E-state index contributed by atoms with van der Waals surface area (Å²) in [5.41, 5.74) is 0.554. The summed E-state index contributed by atoms with van der Waals surface area (Å²) < 4.78 is 7.18. The van der Waals surface area contributed by atoms with Crippen LogP contribution >= 0.6 is 0 Å². The molecule has 1 saturated heterocycles. The van der Waals surface area contributed by atoms with Gasteiger partial charge in [0.05, 0.1) is 6.04 Å². The number of piperidine rings is 1. The van der Waals surface area contributed by atoms with Crippen molar-refractivity contribution in [3.05, 3.63) is 28.0 Å². The SMILES string of the molecule is CC1CC(=O)N2CC(CN3CCC(NC(=O)OC(C)(C)C)CC3)n3c2c1ccc3=O. The Balaban J connectivity index is 1.39. The third-order valence-electron chi connectivity index (χ3n) is 6.23. The molecule has 30 heavy (non-hydrogen) atoms. The van der Waals surface area contributed by atoms with Crippen molar-refractivity contribution in [1.29, 1.82) is 0 Å². The number of hydrogen-bond acceptors (Lipinski definition) is 5. The fourth-order valence-electron chi connectivity index (χ4n) is 4.84. The molecule has 3 aliphatic heterocycles. The number of rotatable bonds is 3.